The zero-order valence-electron chi connectivity index (χ0n) is 10.9. The minimum Gasteiger partial charge on any atom is -0.504 e. The van der Waals surface area contributed by atoms with Gasteiger partial charge in [-0.3, -0.25) is 4.79 Å². The Kier molecular flexibility index (Phi) is 3.06. The summed E-state index contributed by atoms with van der Waals surface area (Å²) in [4.78, 5) is 14.1. The standard InChI is InChI=1S/C16H15NO3/c18-14-7-3-6-13(15(14)19)16(20)17-9-8-11-4-1-2-5-12(11)10-17/h1-7,18-19H,8-10H2. The van der Waals surface area contributed by atoms with E-state index >= 15 is 0 Å². The van der Waals surface area contributed by atoms with Gasteiger partial charge in [0, 0.05) is 13.1 Å². The number of phenols is 2. The lowest BCUT2D eigenvalue weighted by Crippen LogP contribution is -2.35. The number of aromatic hydroxyl groups is 2. The fourth-order valence-electron chi connectivity index (χ4n) is 2.54. The number of phenolic OH excluding ortho intramolecular Hbond substituents is 2. The molecule has 0 saturated carbocycles. The van der Waals surface area contributed by atoms with Gasteiger partial charge in [0.2, 0.25) is 0 Å². The Hall–Kier alpha value is -2.49. The van der Waals surface area contributed by atoms with Crippen molar-refractivity contribution in [2.24, 2.45) is 0 Å². The summed E-state index contributed by atoms with van der Waals surface area (Å²) in [5.74, 6) is -0.877. The third kappa shape index (κ3) is 2.09. The summed E-state index contributed by atoms with van der Waals surface area (Å²) in [7, 11) is 0. The number of amides is 1. The van der Waals surface area contributed by atoms with Crippen molar-refractivity contribution in [1.82, 2.24) is 4.90 Å². The van der Waals surface area contributed by atoms with Gasteiger partial charge in [-0.25, -0.2) is 0 Å². The predicted molar refractivity (Wildman–Crippen MR) is 74.7 cm³/mol. The van der Waals surface area contributed by atoms with E-state index in [0.29, 0.717) is 13.1 Å². The third-order valence-electron chi connectivity index (χ3n) is 3.66. The number of fused-ring (bicyclic) bond motifs is 1. The molecule has 0 fully saturated rings. The van der Waals surface area contributed by atoms with Gasteiger partial charge >= 0.3 is 0 Å². The van der Waals surface area contributed by atoms with Crippen molar-refractivity contribution in [1.29, 1.82) is 0 Å². The van der Waals surface area contributed by atoms with Gasteiger partial charge in [-0.2, -0.15) is 0 Å². The van der Waals surface area contributed by atoms with Crippen LogP contribution < -0.4 is 0 Å². The molecule has 4 nitrogen and oxygen atoms in total. The molecule has 0 atom stereocenters. The van der Waals surface area contributed by atoms with E-state index in [1.807, 2.05) is 18.2 Å². The SMILES string of the molecule is O=C(c1cccc(O)c1O)N1CCc2ccccc2C1. The molecule has 0 spiro atoms. The summed E-state index contributed by atoms with van der Waals surface area (Å²) >= 11 is 0. The number of benzene rings is 2. The molecule has 0 aromatic heterocycles. The highest BCUT2D eigenvalue weighted by Gasteiger charge is 2.24. The summed E-state index contributed by atoms with van der Waals surface area (Å²) in [6.07, 6.45) is 0.807. The molecule has 0 aliphatic carbocycles. The van der Waals surface area contributed by atoms with Crippen molar-refractivity contribution in [3.8, 4) is 11.5 Å². The smallest absolute Gasteiger partial charge is 0.258 e. The van der Waals surface area contributed by atoms with Gasteiger partial charge < -0.3 is 15.1 Å². The number of rotatable bonds is 1. The van der Waals surface area contributed by atoms with Crippen LogP contribution in [0.15, 0.2) is 42.5 Å². The van der Waals surface area contributed by atoms with Gasteiger partial charge in [-0.1, -0.05) is 30.3 Å². The summed E-state index contributed by atoms with van der Waals surface area (Å²) in [5.41, 5.74) is 2.54. The summed E-state index contributed by atoms with van der Waals surface area (Å²) < 4.78 is 0. The normalized spacial score (nSPS) is 13.9. The van der Waals surface area contributed by atoms with E-state index in [1.54, 1.807) is 11.0 Å². The van der Waals surface area contributed by atoms with Crippen molar-refractivity contribution >= 4 is 5.91 Å². The molecule has 0 unspecified atom stereocenters. The Morgan fingerprint density at radius 2 is 1.75 bits per heavy atom. The monoisotopic (exact) mass is 269 g/mol. The van der Waals surface area contributed by atoms with Crippen LogP contribution >= 0.6 is 0 Å². The predicted octanol–water partition coefficient (Wildman–Crippen LogP) is 2.30. The molecule has 1 amide bonds. The first kappa shape index (κ1) is 12.5. The molecule has 0 radical (unpaired) electrons. The van der Waals surface area contributed by atoms with Crippen LogP contribution in [-0.4, -0.2) is 27.6 Å². The maximum Gasteiger partial charge on any atom is 0.258 e. The first-order valence-corrected chi connectivity index (χ1v) is 6.54. The molecule has 20 heavy (non-hydrogen) atoms. The average Bonchev–Trinajstić information content (AvgIpc) is 2.49. The molecule has 2 aromatic carbocycles. The Morgan fingerprint density at radius 3 is 2.55 bits per heavy atom. The average molecular weight is 269 g/mol. The van der Waals surface area contributed by atoms with Gasteiger partial charge in [-0.15, -0.1) is 0 Å². The highest BCUT2D eigenvalue weighted by Crippen LogP contribution is 2.30. The number of hydrogen-bond donors (Lipinski definition) is 2. The van der Waals surface area contributed by atoms with E-state index in [2.05, 4.69) is 6.07 Å². The maximum absolute atomic E-state index is 12.4. The molecular weight excluding hydrogens is 254 g/mol. The maximum atomic E-state index is 12.4. The van der Waals surface area contributed by atoms with Gasteiger partial charge in [0.05, 0.1) is 5.56 Å². The Bertz CT molecular complexity index is 667. The zero-order valence-corrected chi connectivity index (χ0v) is 10.9. The zero-order chi connectivity index (χ0) is 14.1. The van der Waals surface area contributed by atoms with Gasteiger partial charge in [-0.05, 0) is 29.7 Å². The molecule has 0 bridgehead atoms. The highest BCUT2D eigenvalue weighted by atomic mass is 16.3. The summed E-state index contributed by atoms with van der Waals surface area (Å²) in [6, 6.07) is 12.5. The van der Waals surface area contributed by atoms with Crippen molar-refractivity contribution < 1.29 is 15.0 Å². The highest BCUT2D eigenvalue weighted by molar-refractivity contribution is 5.97. The fourth-order valence-corrected chi connectivity index (χ4v) is 2.54. The van der Waals surface area contributed by atoms with Crippen LogP contribution in [0, 0.1) is 0 Å². The Labute approximate surface area is 116 Å². The third-order valence-corrected chi connectivity index (χ3v) is 3.66. The van der Waals surface area contributed by atoms with Crippen molar-refractivity contribution in [2.75, 3.05) is 6.54 Å². The Balaban J connectivity index is 1.88. The number of para-hydroxylation sites is 1. The largest absolute Gasteiger partial charge is 0.504 e. The number of nitrogens with zero attached hydrogens (tertiary/aromatic N) is 1. The van der Waals surface area contributed by atoms with Crippen molar-refractivity contribution in [3.05, 3.63) is 59.2 Å². The molecule has 2 aromatic rings. The van der Waals surface area contributed by atoms with E-state index < -0.39 is 0 Å². The van der Waals surface area contributed by atoms with E-state index in [9.17, 15) is 15.0 Å². The minimum absolute atomic E-state index is 0.143. The van der Waals surface area contributed by atoms with Gasteiger partial charge in [0.25, 0.3) is 5.91 Å². The second-order valence-corrected chi connectivity index (χ2v) is 4.92. The van der Waals surface area contributed by atoms with Crippen LogP contribution in [0.2, 0.25) is 0 Å². The molecule has 3 rings (SSSR count). The van der Waals surface area contributed by atoms with Gasteiger partial charge in [0.1, 0.15) is 0 Å². The second-order valence-electron chi connectivity index (χ2n) is 4.92. The fraction of sp³-hybridized carbons (Fsp3) is 0.188. The first-order valence-electron chi connectivity index (χ1n) is 6.54. The lowest BCUT2D eigenvalue weighted by atomic mass is 9.99. The topological polar surface area (TPSA) is 60.8 Å². The molecule has 1 aliphatic heterocycles. The van der Waals surface area contributed by atoms with E-state index in [-0.39, 0.29) is 23.0 Å². The summed E-state index contributed by atoms with van der Waals surface area (Å²) in [6.45, 7) is 1.15. The first-order chi connectivity index (χ1) is 9.66. The van der Waals surface area contributed by atoms with Crippen LogP contribution in [0.25, 0.3) is 0 Å². The van der Waals surface area contributed by atoms with Crippen molar-refractivity contribution in [3.63, 3.8) is 0 Å². The molecule has 0 saturated heterocycles. The lowest BCUT2D eigenvalue weighted by Gasteiger charge is -2.29. The minimum atomic E-state index is -0.351. The molecule has 102 valence electrons. The molecule has 2 N–H and O–H groups in total. The number of carbonyl (C=O) groups excluding carboxylic acids is 1. The van der Waals surface area contributed by atoms with Crippen LogP contribution in [0.1, 0.15) is 21.5 Å². The van der Waals surface area contributed by atoms with E-state index in [1.165, 1.54) is 17.7 Å². The second kappa shape index (κ2) is 4.89. The van der Waals surface area contributed by atoms with Crippen LogP contribution in [-0.2, 0) is 13.0 Å². The van der Waals surface area contributed by atoms with Gasteiger partial charge in [0.15, 0.2) is 11.5 Å². The lowest BCUT2D eigenvalue weighted by molar-refractivity contribution is 0.0731. The van der Waals surface area contributed by atoms with E-state index in [0.717, 1.165) is 12.0 Å². The summed E-state index contributed by atoms with van der Waals surface area (Å²) in [5, 5.41) is 19.3. The molecule has 1 heterocycles. The Morgan fingerprint density at radius 1 is 1.00 bits per heavy atom. The number of hydrogen-bond acceptors (Lipinski definition) is 3. The quantitative estimate of drug-likeness (QED) is 0.781. The van der Waals surface area contributed by atoms with E-state index in [4.69, 9.17) is 0 Å². The van der Waals surface area contributed by atoms with Crippen LogP contribution in [0.3, 0.4) is 0 Å². The molecule has 4 heteroatoms. The van der Waals surface area contributed by atoms with Crippen LogP contribution in [0.4, 0.5) is 0 Å². The molecule has 1 aliphatic rings. The van der Waals surface area contributed by atoms with Crippen LogP contribution in [0.5, 0.6) is 11.5 Å². The number of carbonyl (C=O) groups is 1. The molecular formula is C16H15NO3. The van der Waals surface area contributed by atoms with Crippen molar-refractivity contribution in [2.45, 2.75) is 13.0 Å².